The van der Waals surface area contributed by atoms with Crippen molar-refractivity contribution in [2.24, 2.45) is 23.3 Å². The number of aliphatic hydroxyl groups is 2. The van der Waals surface area contributed by atoms with E-state index in [9.17, 15) is 19.5 Å². The van der Waals surface area contributed by atoms with Crippen molar-refractivity contribution in [3.05, 3.63) is 0 Å². The van der Waals surface area contributed by atoms with Crippen molar-refractivity contribution in [2.75, 3.05) is 26.7 Å². The van der Waals surface area contributed by atoms with Crippen LogP contribution in [0.2, 0.25) is 0 Å². The molecule has 9 nitrogen and oxygen atoms in total. The monoisotopic (exact) mass is 361 g/mol. The summed E-state index contributed by atoms with van der Waals surface area (Å²) in [5, 5.41) is 27.4. The molecule has 1 amide bonds. The minimum Gasteiger partial charge on any atom is -0.481 e. The summed E-state index contributed by atoms with van der Waals surface area (Å²) in [6, 6.07) is -0.931. The smallest absolute Gasteiger partial charge is 0.309 e. The molecular formula is C16H31N3O6. The van der Waals surface area contributed by atoms with E-state index in [1.54, 1.807) is 11.9 Å². The Morgan fingerprint density at radius 3 is 2.24 bits per heavy atom. The predicted molar refractivity (Wildman–Crippen MR) is 91.5 cm³/mol. The Morgan fingerprint density at radius 2 is 1.80 bits per heavy atom. The number of likely N-dealkylation sites (N-methyl/N-ethyl adjacent to an activating group) is 1. The van der Waals surface area contributed by atoms with E-state index in [-0.39, 0.29) is 24.7 Å². The average molecular weight is 361 g/mol. The molecule has 4 atom stereocenters. The van der Waals surface area contributed by atoms with Gasteiger partial charge in [-0.05, 0) is 32.7 Å². The Labute approximate surface area is 148 Å². The molecular weight excluding hydrogens is 330 g/mol. The SMILES string of the molecule is CC(O)[C@H](CCC[C@@H](CC(N)=O)CN(C)CC(=O)[C@@H](N)CO)C(=O)O. The maximum Gasteiger partial charge on any atom is 0.309 e. The number of Topliss-reactive ketones (excluding diaryl/α,β-unsaturated/α-hetero) is 1. The first-order valence-electron chi connectivity index (χ1n) is 8.35. The first kappa shape index (κ1) is 23.4. The summed E-state index contributed by atoms with van der Waals surface area (Å²) in [5.74, 6) is -2.81. The minimum atomic E-state index is -1.05. The van der Waals surface area contributed by atoms with Crippen LogP contribution >= 0.6 is 0 Å². The Hall–Kier alpha value is -1.55. The second-order valence-corrected chi connectivity index (χ2v) is 6.60. The summed E-state index contributed by atoms with van der Waals surface area (Å²) in [7, 11) is 1.70. The highest BCUT2D eigenvalue weighted by atomic mass is 16.4. The van der Waals surface area contributed by atoms with Gasteiger partial charge in [0.15, 0.2) is 5.78 Å². The van der Waals surface area contributed by atoms with E-state index in [0.29, 0.717) is 25.8 Å². The van der Waals surface area contributed by atoms with E-state index >= 15 is 0 Å². The lowest BCUT2D eigenvalue weighted by atomic mass is 9.91. The molecule has 0 aromatic carbocycles. The number of nitrogens with two attached hydrogens (primary N) is 2. The first-order valence-corrected chi connectivity index (χ1v) is 8.35. The number of aliphatic carboxylic acids is 1. The van der Waals surface area contributed by atoms with Gasteiger partial charge in [-0.2, -0.15) is 0 Å². The number of carboxylic acids is 1. The van der Waals surface area contributed by atoms with Crippen molar-refractivity contribution < 1.29 is 29.7 Å². The molecule has 0 fully saturated rings. The van der Waals surface area contributed by atoms with Crippen LogP contribution in [-0.4, -0.2) is 76.8 Å². The number of ketones is 1. The maximum absolute atomic E-state index is 11.7. The number of carbonyl (C=O) groups excluding carboxylic acids is 2. The molecule has 146 valence electrons. The van der Waals surface area contributed by atoms with Gasteiger partial charge in [0.05, 0.1) is 31.2 Å². The maximum atomic E-state index is 11.7. The molecule has 0 spiro atoms. The van der Waals surface area contributed by atoms with Crippen LogP contribution in [0.4, 0.5) is 0 Å². The van der Waals surface area contributed by atoms with Crippen LogP contribution in [0.3, 0.4) is 0 Å². The van der Waals surface area contributed by atoms with E-state index in [1.165, 1.54) is 6.92 Å². The molecule has 0 saturated heterocycles. The molecule has 0 rings (SSSR count). The van der Waals surface area contributed by atoms with E-state index in [1.807, 2.05) is 0 Å². The lowest BCUT2D eigenvalue weighted by Crippen LogP contribution is -2.42. The third-order valence-corrected chi connectivity index (χ3v) is 4.12. The van der Waals surface area contributed by atoms with Gasteiger partial charge in [-0.3, -0.25) is 19.3 Å². The van der Waals surface area contributed by atoms with E-state index in [4.69, 9.17) is 21.7 Å². The van der Waals surface area contributed by atoms with Gasteiger partial charge in [-0.25, -0.2) is 0 Å². The van der Waals surface area contributed by atoms with Crippen LogP contribution < -0.4 is 11.5 Å². The second-order valence-electron chi connectivity index (χ2n) is 6.60. The van der Waals surface area contributed by atoms with Gasteiger partial charge >= 0.3 is 5.97 Å². The highest BCUT2D eigenvalue weighted by Gasteiger charge is 2.24. The minimum absolute atomic E-state index is 0.0441. The molecule has 0 radical (unpaired) electrons. The zero-order valence-electron chi connectivity index (χ0n) is 14.9. The summed E-state index contributed by atoms with van der Waals surface area (Å²) in [6.45, 7) is 1.47. The van der Waals surface area contributed by atoms with Crippen molar-refractivity contribution in [3.8, 4) is 0 Å². The fourth-order valence-electron chi connectivity index (χ4n) is 2.73. The number of primary amides is 1. The molecule has 0 aliphatic heterocycles. The van der Waals surface area contributed by atoms with Crippen LogP contribution in [-0.2, 0) is 14.4 Å². The van der Waals surface area contributed by atoms with Crippen molar-refractivity contribution in [1.82, 2.24) is 4.90 Å². The standard InChI is InChI=1S/C16H31N3O6/c1-10(21)12(16(24)25)5-3-4-11(6-15(18)23)7-19(2)8-14(22)13(17)9-20/h10-13,20-21H,3-9,17H2,1-2H3,(H2,18,23)(H,24,25)/t10?,11-,12-,13-/m0/s1. The van der Waals surface area contributed by atoms with Gasteiger partial charge in [0.1, 0.15) is 0 Å². The molecule has 0 saturated carbocycles. The Kier molecular flexibility index (Phi) is 11.2. The summed E-state index contributed by atoms with van der Waals surface area (Å²) in [4.78, 5) is 35.7. The topological polar surface area (TPSA) is 167 Å². The second kappa shape index (κ2) is 11.9. The Bertz CT molecular complexity index is 444. The lowest BCUT2D eigenvalue weighted by molar-refractivity contribution is -0.145. The third kappa shape index (κ3) is 10.1. The number of carboxylic acid groups (broad SMARTS) is 1. The van der Waals surface area contributed by atoms with E-state index < -0.39 is 36.5 Å². The molecule has 1 unspecified atom stereocenters. The highest BCUT2D eigenvalue weighted by Crippen LogP contribution is 2.19. The van der Waals surface area contributed by atoms with Crippen LogP contribution in [0, 0.1) is 11.8 Å². The number of hydrogen-bond acceptors (Lipinski definition) is 7. The van der Waals surface area contributed by atoms with Crippen molar-refractivity contribution in [2.45, 2.75) is 44.8 Å². The largest absolute Gasteiger partial charge is 0.481 e. The molecule has 0 aromatic heterocycles. The van der Waals surface area contributed by atoms with Gasteiger partial charge in [0.25, 0.3) is 0 Å². The van der Waals surface area contributed by atoms with E-state index in [0.717, 1.165) is 0 Å². The third-order valence-electron chi connectivity index (χ3n) is 4.12. The first-order chi connectivity index (χ1) is 11.6. The zero-order chi connectivity index (χ0) is 19.6. The van der Waals surface area contributed by atoms with Gasteiger partial charge in [0, 0.05) is 13.0 Å². The quantitative estimate of drug-likeness (QED) is 0.250. The number of carbonyl (C=O) groups is 3. The number of amides is 1. The fraction of sp³-hybridized carbons (Fsp3) is 0.812. The number of hydrogen-bond donors (Lipinski definition) is 5. The van der Waals surface area contributed by atoms with Crippen LogP contribution in [0.1, 0.15) is 32.6 Å². The van der Waals surface area contributed by atoms with Crippen molar-refractivity contribution >= 4 is 17.7 Å². The predicted octanol–water partition coefficient (Wildman–Crippen LogP) is -1.45. The molecule has 0 bridgehead atoms. The zero-order valence-corrected chi connectivity index (χ0v) is 14.9. The summed E-state index contributed by atoms with van der Waals surface area (Å²) < 4.78 is 0. The van der Waals surface area contributed by atoms with Crippen molar-refractivity contribution in [3.63, 3.8) is 0 Å². The van der Waals surface area contributed by atoms with Crippen molar-refractivity contribution in [1.29, 1.82) is 0 Å². The summed E-state index contributed by atoms with van der Waals surface area (Å²) >= 11 is 0. The van der Waals surface area contributed by atoms with Crippen LogP contribution in [0.15, 0.2) is 0 Å². The van der Waals surface area contributed by atoms with Crippen LogP contribution in [0.5, 0.6) is 0 Å². The van der Waals surface area contributed by atoms with E-state index in [2.05, 4.69) is 0 Å². The average Bonchev–Trinajstić information content (AvgIpc) is 2.48. The normalized spacial score (nSPS) is 16.2. The molecule has 25 heavy (non-hydrogen) atoms. The van der Waals surface area contributed by atoms with Gasteiger partial charge in [-0.15, -0.1) is 0 Å². The molecule has 7 N–H and O–H groups in total. The number of nitrogens with zero attached hydrogens (tertiary/aromatic N) is 1. The molecule has 0 aliphatic rings. The van der Waals surface area contributed by atoms with Gasteiger partial charge in [-0.1, -0.05) is 6.42 Å². The Morgan fingerprint density at radius 1 is 1.20 bits per heavy atom. The summed E-state index contributed by atoms with van der Waals surface area (Å²) in [5.41, 5.74) is 10.7. The highest BCUT2D eigenvalue weighted by molar-refractivity contribution is 5.85. The molecule has 9 heteroatoms. The fourth-order valence-corrected chi connectivity index (χ4v) is 2.73. The molecule has 0 aromatic rings. The number of rotatable bonds is 14. The molecule has 0 heterocycles. The van der Waals surface area contributed by atoms with Crippen LogP contribution in [0.25, 0.3) is 0 Å². The number of aliphatic hydroxyl groups excluding tert-OH is 2. The molecule has 0 aliphatic carbocycles. The summed E-state index contributed by atoms with van der Waals surface area (Å²) in [6.07, 6.45) is 0.520. The van der Waals surface area contributed by atoms with Gasteiger partial charge < -0.3 is 26.8 Å². The van der Waals surface area contributed by atoms with Gasteiger partial charge in [0.2, 0.25) is 5.91 Å². The Balaban J connectivity index is 4.56. The lowest BCUT2D eigenvalue weighted by Gasteiger charge is -2.24.